The van der Waals surface area contributed by atoms with E-state index in [0.717, 1.165) is 47.8 Å². The highest BCUT2D eigenvalue weighted by molar-refractivity contribution is 5.80. The van der Waals surface area contributed by atoms with Crippen LogP contribution in [0.4, 0.5) is 0 Å². The first kappa shape index (κ1) is 21.5. The predicted molar refractivity (Wildman–Crippen MR) is 119 cm³/mol. The molecular weight excluding hydrogens is 390 g/mol. The number of amides is 1. The first-order valence-electron chi connectivity index (χ1n) is 11.3. The van der Waals surface area contributed by atoms with Crippen LogP contribution in [0.2, 0.25) is 0 Å². The third-order valence-electron chi connectivity index (χ3n) is 7.15. The highest BCUT2D eigenvalue weighted by atomic mass is 16.2. The van der Waals surface area contributed by atoms with E-state index in [1.807, 2.05) is 32.3 Å². The molecule has 0 spiro atoms. The van der Waals surface area contributed by atoms with Gasteiger partial charge in [0.15, 0.2) is 0 Å². The van der Waals surface area contributed by atoms with Gasteiger partial charge in [-0.3, -0.25) is 19.9 Å². The van der Waals surface area contributed by atoms with Gasteiger partial charge in [-0.05, 0) is 63.0 Å². The van der Waals surface area contributed by atoms with Crippen LogP contribution in [0, 0.1) is 36.0 Å². The Morgan fingerprint density at radius 1 is 1.29 bits per heavy atom. The smallest absolute Gasteiger partial charge is 0.254 e. The molecule has 7 nitrogen and oxygen atoms in total. The highest BCUT2D eigenvalue weighted by Gasteiger charge is 2.35. The summed E-state index contributed by atoms with van der Waals surface area (Å²) in [4.78, 5) is 30.6. The van der Waals surface area contributed by atoms with Crippen molar-refractivity contribution in [2.45, 2.75) is 58.0 Å². The number of nitriles is 1. The quantitative estimate of drug-likeness (QED) is 0.794. The van der Waals surface area contributed by atoms with Crippen molar-refractivity contribution >= 4 is 16.8 Å². The highest BCUT2D eigenvalue weighted by Crippen LogP contribution is 2.40. The number of fused-ring (bicyclic) bond motifs is 1. The lowest BCUT2D eigenvalue weighted by Gasteiger charge is -2.35. The van der Waals surface area contributed by atoms with E-state index in [2.05, 4.69) is 28.6 Å². The zero-order valence-corrected chi connectivity index (χ0v) is 18.5. The van der Waals surface area contributed by atoms with Gasteiger partial charge in [0.1, 0.15) is 0 Å². The number of nitrogens with zero attached hydrogens (tertiary/aromatic N) is 3. The molecule has 2 fully saturated rings. The molecule has 2 aromatic heterocycles. The molecule has 1 amide bonds. The summed E-state index contributed by atoms with van der Waals surface area (Å²) in [6.45, 7) is 4.72. The van der Waals surface area contributed by atoms with E-state index in [0.29, 0.717) is 18.9 Å². The van der Waals surface area contributed by atoms with Crippen LogP contribution in [0.3, 0.4) is 0 Å². The van der Waals surface area contributed by atoms with Crippen LogP contribution in [-0.2, 0) is 11.8 Å². The van der Waals surface area contributed by atoms with Gasteiger partial charge in [-0.15, -0.1) is 0 Å². The summed E-state index contributed by atoms with van der Waals surface area (Å²) in [6, 6.07) is 6.21. The Hall–Kier alpha value is -2.72. The molecule has 1 saturated carbocycles. The number of rotatable bonds is 3. The second kappa shape index (κ2) is 8.80. The van der Waals surface area contributed by atoms with Crippen molar-refractivity contribution in [3.05, 3.63) is 39.9 Å². The fourth-order valence-corrected chi connectivity index (χ4v) is 5.13. The monoisotopic (exact) mass is 421 g/mol. The van der Waals surface area contributed by atoms with Crippen molar-refractivity contribution in [1.82, 2.24) is 20.2 Å². The Balaban J connectivity index is 1.52. The molecule has 5 unspecified atom stereocenters. The van der Waals surface area contributed by atoms with Gasteiger partial charge in [-0.25, -0.2) is 0 Å². The molecule has 2 aliphatic rings. The number of piperidine rings is 1. The zero-order valence-electron chi connectivity index (χ0n) is 18.5. The van der Waals surface area contributed by atoms with Crippen LogP contribution >= 0.6 is 0 Å². The van der Waals surface area contributed by atoms with Gasteiger partial charge >= 0.3 is 0 Å². The SMILES string of the molecule is Cc1cc2c(cn1)cc(C1CC(C(=O)NC3CCC(C#N)CN3)CCC1C)c(=O)n2C. The Kier molecular flexibility index (Phi) is 6.10. The second-order valence-electron chi connectivity index (χ2n) is 9.31. The van der Waals surface area contributed by atoms with Crippen LogP contribution in [-0.4, -0.2) is 28.2 Å². The number of nitrogens with one attached hydrogen (secondary N) is 2. The van der Waals surface area contributed by atoms with Gasteiger partial charge in [0, 0.05) is 42.4 Å². The number of hydrogen-bond donors (Lipinski definition) is 2. The van der Waals surface area contributed by atoms with Crippen molar-refractivity contribution in [2.24, 2.45) is 24.8 Å². The largest absolute Gasteiger partial charge is 0.341 e. The lowest BCUT2D eigenvalue weighted by Crippen LogP contribution is -2.52. The molecule has 4 rings (SSSR count). The minimum Gasteiger partial charge on any atom is -0.341 e. The first-order chi connectivity index (χ1) is 14.9. The third-order valence-corrected chi connectivity index (χ3v) is 7.15. The van der Waals surface area contributed by atoms with Gasteiger partial charge in [0.2, 0.25) is 5.91 Å². The molecule has 0 bridgehead atoms. The van der Waals surface area contributed by atoms with Gasteiger partial charge < -0.3 is 9.88 Å². The summed E-state index contributed by atoms with van der Waals surface area (Å²) in [5.74, 6) is 0.372. The average Bonchev–Trinajstić information content (AvgIpc) is 2.77. The van der Waals surface area contributed by atoms with Gasteiger partial charge in [-0.1, -0.05) is 6.92 Å². The summed E-state index contributed by atoms with van der Waals surface area (Å²) in [5.41, 5.74) is 2.58. The molecule has 31 heavy (non-hydrogen) atoms. The maximum atomic E-state index is 13.2. The fourth-order valence-electron chi connectivity index (χ4n) is 5.13. The number of carbonyl (C=O) groups is 1. The molecule has 1 aliphatic heterocycles. The van der Waals surface area contributed by atoms with E-state index in [1.165, 1.54) is 0 Å². The molecular formula is C24H31N5O2. The van der Waals surface area contributed by atoms with E-state index in [4.69, 9.17) is 5.26 Å². The van der Waals surface area contributed by atoms with Crippen molar-refractivity contribution in [1.29, 1.82) is 5.26 Å². The number of pyridine rings is 2. The van der Waals surface area contributed by atoms with Gasteiger partial charge in [0.05, 0.1) is 23.7 Å². The van der Waals surface area contributed by atoms with Crippen molar-refractivity contribution < 1.29 is 4.79 Å². The number of hydrogen-bond acceptors (Lipinski definition) is 5. The molecule has 3 heterocycles. The molecule has 164 valence electrons. The maximum absolute atomic E-state index is 13.2. The van der Waals surface area contributed by atoms with E-state index in [-0.39, 0.29) is 35.4 Å². The van der Waals surface area contributed by atoms with E-state index in [9.17, 15) is 9.59 Å². The minimum atomic E-state index is -0.103. The summed E-state index contributed by atoms with van der Waals surface area (Å²) in [6.07, 6.45) is 5.77. The van der Waals surface area contributed by atoms with Crippen LogP contribution in [0.15, 0.2) is 23.1 Å². The molecule has 1 saturated heterocycles. The Bertz CT molecular complexity index is 1080. The zero-order chi connectivity index (χ0) is 22.1. The fraction of sp³-hybridized carbons (Fsp3) is 0.583. The molecule has 0 aromatic carbocycles. The lowest BCUT2D eigenvalue weighted by atomic mass is 9.71. The minimum absolute atomic E-state index is 0.0208. The molecule has 5 atom stereocenters. The molecule has 2 N–H and O–H groups in total. The summed E-state index contributed by atoms with van der Waals surface area (Å²) < 4.78 is 1.72. The summed E-state index contributed by atoms with van der Waals surface area (Å²) in [5, 5.41) is 16.4. The van der Waals surface area contributed by atoms with Crippen LogP contribution in [0.25, 0.3) is 10.9 Å². The van der Waals surface area contributed by atoms with Gasteiger partial charge in [-0.2, -0.15) is 5.26 Å². The molecule has 2 aromatic rings. The van der Waals surface area contributed by atoms with Gasteiger partial charge in [0.25, 0.3) is 5.56 Å². The molecule has 7 heteroatoms. The van der Waals surface area contributed by atoms with Crippen LogP contribution in [0.1, 0.15) is 56.2 Å². The molecule has 0 radical (unpaired) electrons. The Morgan fingerprint density at radius 3 is 2.81 bits per heavy atom. The topological polar surface area (TPSA) is 99.8 Å². The van der Waals surface area contributed by atoms with Crippen molar-refractivity contribution in [3.8, 4) is 6.07 Å². The van der Waals surface area contributed by atoms with E-state index < -0.39 is 0 Å². The summed E-state index contributed by atoms with van der Waals surface area (Å²) in [7, 11) is 1.81. The second-order valence-corrected chi connectivity index (χ2v) is 9.31. The summed E-state index contributed by atoms with van der Waals surface area (Å²) >= 11 is 0. The predicted octanol–water partition coefficient (Wildman–Crippen LogP) is 2.73. The normalized spacial score (nSPS) is 28.8. The van der Waals surface area contributed by atoms with E-state index in [1.54, 1.807) is 4.57 Å². The van der Waals surface area contributed by atoms with E-state index >= 15 is 0 Å². The van der Waals surface area contributed by atoms with Crippen LogP contribution < -0.4 is 16.2 Å². The molecule has 1 aliphatic carbocycles. The Morgan fingerprint density at radius 2 is 2.10 bits per heavy atom. The first-order valence-corrected chi connectivity index (χ1v) is 11.3. The Labute approximate surface area is 182 Å². The average molecular weight is 422 g/mol. The number of aryl methyl sites for hydroxylation is 2. The number of carbonyl (C=O) groups excluding carboxylic acids is 1. The number of aromatic nitrogens is 2. The lowest BCUT2D eigenvalue weighted by molar-refractivity contribution is -0.127. The van der Waals surface area contributed by atoms with Crippen LogP contribution in [0.5, 0.6) is 0 Å². The van der Waals surface area contributed by atoms with Crippen molar-refractivity contribution in [2.75, 3.05) is 6.54 Å². The third kappa shape index (κ3) is 4.35. The standard InChI is InChI=1S/C24H31N5O2/c1-14-4-6-17(23(30)28-22-7-5-16(11-25)12-27-22)9-19(14)20-10-18-13-26-15(2)8-21(18)29(3)24(20)31/h8,10,13-14,16-17,19,22,27H,4-7,9,12H2,1-3H3,(H,28,30). The maximum Gasteiger partial charge on any atom is 0.254 e. The van der Waals surface area contributed by atoms with Crippen molar-refractivity contribution in [3.63, 3.8) is 0 Å².